The lowest BCUT2D eigenvalue weighted by molar-refractivity contribution is 1.13. The third-order valence-corrected chi connectivity index (χ3v) is 10.8. The maximum atomic E-state index is 5.65. The zero-order valence-corrected chi connectivity index (χ0v) is 28.8. The van der Waals surface area contributed by atoms with Crippen LogP contribution in [-0.4, -0.2) is 19.1 Å². The molecule has 52 heavy (non-hydrogen) atoms. The molecule has 11 aromatic rings. The molecule has 0 radical (unpaired) electrons. The van der Waals surface area contributed by atoms with Crippen LogP contribution >= 0.6 is 0 Å². The minimum Gasteiger partial charge on any atom is -0.308 e. The van der Waals surface area contributed by atoms with Gasteiger partial charge in [0.05, 0.1) is 56.4 Å². The van der Waals surface area contributed by atoms with Crippen LogP contribution in [0.25, 0.3) is 98.8 Å². The van der Waals surface area contributed by atoms with Crippen molar-refractivity contribution in [1.29, 1.82) is 0 Å². The normalized spacial score (nSPS) is 12.0. The van der Waals surface area contributed by atoms with Crippen molar-refractivity contribution in [3.8, 4) is 22.6 Å². The molecule has 3 heterocycles. The fourth-order valence-corrected chi connectivity index (χ4v) is 8.60. The van der Waals surface area contributed by atoms with E-state index in [0.29, 0.717) is 0 Å². The molecular weight excluding hydrogens is 633 g/mol. The number of rotatable bonds is 3. The predicted molar refractivity (Wildman–Crippen MR) is 218 cm³/mol. The molecule has 0 spiro atoms. The summed E-state index contributed by atoms with van der Waals surface area (Å²) in [7, 11) is 0. The van der Waals surface area contributed by atoms with Gasteiger partial charge in [-0.15, -0.1) is 0 Å². The summed E-state index contributed by atoms with van der Waals surface area (Å²) in [6.45, 7) is 4.31. The molecule has 0 aliphatic heterocycles. The summed E-state index contributed by atoms with van der Waals surface area (Å²) in [4.78, 5) is 10.9. The smallest absolute Gasteiger partial charge is 0.0979 e. The number of benzene rings is 8. The molecular formula is C48H32N4. The number of aryl methyl sites for hydroxylation is 2. The van der Waals surface area contributed by atoms with Crippen LogP contribution in [0, 0.1) is 13.8 Å². The van der Waals surface area contributed by atoms with Crippen LogP contribution in [0.4, 0.5) is 0 Å². The topological polar surface area (TPSA) is 35.6 Å². The van der Waals surface area contributed by atoms with E-state index in [1.807, 2.05) is 6.20 Å². The first-order valence-corrected chi connectivity index (χ1v) is 17.8. The van der Waals surface area contributed by atoms with Crippen LogP contribution < -0.4 is 0 Å². The van der Waals surface area contributed by atoms with Crippen LogP contribution in [0.15, 0.2) is 158 Å². The van der Waals surface area contributed by atoms with Gasteiger partial charge in [-0.05, 0) is 61.0 Å². The van der Waals surface area contributed by atoms with Crippen molar-refractivity contribution >= 4 is 76.2 Å². The number of hydrogen-bond donors (Lipinski definition) is 0. The summed E-state index contributed by atoms with van der Waals surface area (Å²) in [5, 5.41) is 9.54. The fourth-order valence-electron chi connectivity index (χ4n) is 8.60. The molecule has 0 amide bonds. The van der Waals surface area contributed by atoms with Crippen molar-refractivity contribution in [2.24, 2.45) is 0 Å². The largest absolute Gasteiger partial charge is 0.308 e. The van der Waals surface area contributed by atoms with Gasteiger partial charge >= 0.3 is 0 Å². The van der Waals surface area contributed by atoms with E-state index in [0.717, 1.165) is 66.5 Å². The Bertz CT molecular complexity index is 3030. The van der Waals surface area contributed by atoms with E-state index in [2.05, 4.69) is 175 Å². The van der Waals surface area contributed by atoms with E-state index in [4.69, 9.17) is 9.97 Å². The van der Waals surface area contributed by atoms with E-state index in [9.17, 15) is 0 Å². The molecule has 4 heteroatoms. The van der Waals surface area contributed by atoms with Crippen molar-refractivity contribution in [3.05, 3.63) is 169 Å². The van der Waals surface area contributed by atoms with Gasteiger partial charge in [-0.1, -0.05) is 126 Å². The maximum Gasteiger partial charge on any atom is 0.0979 e. The molecule has 0 bridgehead atoms. The van der Waals surface area contributed by atoms with Gasteiger partial charge in [0, 0.05) is 37.9 Å². The monoisotopic (exact) mass is 664 g/mol. The lowest BCUT2D eigenvalue weighted by atomic mass is 9.96. The van der Waals surface area contributed by atoms with Crippen LogP contribution in [0.3, 0.4) is 0 Å². The quantitative estimate of drug-likeness (QED) is 0.176. The number of fused-ring (bicyclic) bond motifs is 12. The Morgan fingerprint density at radius 2 is 0.808 bits per heavy atom. The molecule has 4 nitrogen and oxygen atoms in total. The van der Waals surface area contributed by atoms with Gasteiger partial charge in [0.15, 0.2) is 0 Å². The van der Waals surface area contributed by atoms with Crippen molar-refractivity contribution in [3.63, 3.8) is 0 Å². The highest BCUT2D eigenvalue weighted by Crippen LogP contribution is 2.42. The molecule has 0 N–H and O–H groups in total. The lowest BCUT2D eigenvalue weighted by Gasteiger charge is -2.20. The lowest BCUT2D eigenvalue weighted by Crippen LogP contribution is -2.05. The Labute approximate surface area is 299 Å². The van der Waals surface area contributed by atoms with E-state index in [1.54, 1.807) is 0 Å². The second kappa shape index (κ2) is 10.9. The Morgan fingerprint density at radius 1 is 0.385 bits per heavy atom. The zero-order valence-electron chi connectivity index (χ0n) is 28.8. The first kappa shape index (κ1) is 29.0. The minimum absolute atomic E-state index is 0.829. The summed E-state index contributed by atoms with van der Waals surface area (Å²) in [6.07, 6.45) is 1.99. The molecule has 0 fully saturated rings. The molecule has 11 rings (SSSR count). The zero-order chi connectivity index (χ0) is 34.5. The van der Waals surface area contributed by atoms with Gasteiger partial charge in [0.2, 0.25) is 0 Å². The van der Waals surface area contributed by atoms with E-state index in [-0.39, 0.29) is 0 Å². The first-order valence-electron chi connectivity index (χ1n) is 17.8. The van der Waals surface area contributed by atoms with Crippen LogP contribution in [0.1, 0.15) is 11.1 Å². The molecule has 0 saturated carbocycles. The number of hydrogen-bond acceptors (Lipinski definition) is 2. The molecule has 0 aliphatic carbocycles. The standard InChI is InChI=1S/C48H32N4/c1-29-22-24-35-37(26-29)38-27-30(2)23-25-36(38)48-47(35)49-28-39(50-48)46-44(51-40-16-7-3-12-31(40)32-13-4-8-17-41(32)51)20-11-21-45(46)52-42-18-9-5-14-33(42)34-15-6-10-19-43(34)52/h3-28H,1-2H3. The molecule has 0 unspecified atom stereocenters. The number of aromatic nitrogens is 4. The summed E-state index contributed by atoms with van der Waals surface area (Å²) in [5.74, 6) is 0. The molecule has 244 valence electrons. The third-order valence-electron chi connectivity index (χ3n) is 10.8. The highest BCUT2D eigenvalue weighted by molar-refractivity contribution is 6.23. The molecule has 8 aromatic carbocycles. The minimum atomic E-state index is 0.829. The summed E-state index contributed by atoms with van der Waals surface area (Å²) in [5.41, 5.74) is 12.9. The Morgan fingerprint density at radius 3 is 1.27 bits per heavy atom. The van der Waals surface area contributed by atoms with Crippen molar-refractivity contribution in [2.75, 3.05) is 0 Å². The van der Waals surface area contributed by atoms with Gasteiger partial charge in [0.1, 0.15) is 0 Å². The summed E-state index contributed by atoms with van der Waals surface area (Å²) >= 11 is 0. The van der Waals surface area contributed by atoms with E-state index in [1.165, 1.54) is 43.4 Å². The van der Waals surface area contributed by atoms with Gasteiger partial charge < -0.3 is 9.13 Å². The number of para-hydroxylation sites is 4. The first-order chi connectivity index (χ1) is 25.6. The number of nitrogens with zero attached hydrogens (tertiary/aromatic N) is 4. The average molecular weight is 665 g/mol. The van der Waals surface area contributed by atoms with Gasteiger partial charge in [-0.25, -0.2) is 4.98 Å². The van der Waals surface area contributed by atoms with Gasteiger partial charge in [-0.3, -0.25) is 4.98 Å². The molecule has 0 atom stereocenters. The van der Waals surface area contributed by atoms with Crippen LogP contribution in [0.5, 0.6) is 0 Å². The second-order valence-corrected chi connectivity index (χ2v) is 14.0. The molecule has 0 aliphatic rings. The van der Waals surface area contributed by atoms with Crippen LogP contribution in [-0.2, 0) is 0 Å². The maximum absolute atomic E-state index is 5.65. The molecule has 3 aromatic heterocycles. The van der Waals surface area contributed by atoms with E-state index < -0.39 is 0 Å². The fraction of sp³-hybridized carbons (Fsp3) is 0.0417. The van der Waals surface area contributed by atoms with E-state index >= 15 is 0 Å². The highest BCUT2D eigenvalue weighted by Gasteiger charge is 2.23. The average Bonchev–Trinajstić information content (AvgIpc) is 3.70. The Hall–Kier alpha value is -6.78. The second-order valence-electron chi connectivity index (χ2n) is 14.0. The van der Waals surface area contributed by atoms with Crippen LogP contribution in [0.2, 0.25) is 0 Å². The summed E-state index contributed by atoms with van der Waals surface area (Å²) < 4.78 is 4.82. The SMILES string of the molecule is Cc1ccc2c(c1)c1cc(C)ccc1c1nc(-c3c(-n4c5ccccc5c5ccccc54)cccc3-n3c4ccccc4c4ccccc43)cnc21. The van der Waals surface area contributed by atoms with Crippen molar-refractivity contribution < 1.29 is 0 Å². The Balaban J connectivity index is 1.32. The Kier molecular flexibility index (Phi) is 6.06. The summed E-state index contributed by atoms with van der Waals surface area (Å²) in [6, 6.07) is 54.8. The van der Waals surface area contributed by atoms with Crippen molar-refractivity contribution in [1.82, 2.24) is 19.1 Å². The highest BCUT2D eigenvalue weighted by atomic mass is 15.0. The van der Waals surface area contributed by atoms with Gasteiger partial charge in [-0.2, -0.15) is 0 Å². The molecule has 0 saturated heterocycles. The van der Waals surface area contributed by atoms with Crippen molar-refractivity contribution in [2.45, 2.75) is 13.8 Å². The predicted octanol–water partition coefficient (Wildman–Crippen LogP) is 12.4. The third kappa shape index (κ3) is 4.03. The van der Waals surface area contributed by atoms with Gasteiger partial charge in [0.25, 0.3) is 0 Å².